The molecule has 0 aromatic heterocycles. The van der Waals surface area contributed by atoms with Gasteiger partial charge in [0.25, 0.3) is 0 Å². The molecule has 76 valence electrons. The first kappa shape index (κ1) is 9.53. The number of fused-ring (bicyclic) bond motifs is 1. The Bertz CT molecular complexity index is 355. The van der Waals surface area contributed by atoms with E-state index in [2.05, 4.69) is 0 Å². The van der Waals surface area contributed by atoms with E-state index in [0.29, 0.717) is 6.42 Å². The van der Waals surface area contributed by atoms with Crippen molar-refractivity contribution < 1.29 is 9.84 Å². The summed E-state index contributed by atoms with van der Waals surface area (Å²) in [5, 5.41) is 9.94. The van der Waals surface area contributed by atoms with Crippen molar-refractivity contribution >= 4 is 0 Å². The van der Waals surface area contributed by atoms with E-state index in [9.17, 15) is 5.11 Å². The molecule has 0 unspecified atom stereocenters. The summed E-state index contributed by atoms with van der Waals surface area (Å²) in [6.45, 7) is 6.02. The van der Waals surface area contributed by atoms with Crippen molar-refractivity contribution in [2.24, 2.45) is 0 Å². The Kier molecular flexibility index (Phi) is 2.04. The van der Waals surface area contributed by atoms with Crippen molar-refractivity contribution in [1.82, 2.24) is 0 Å². The summed E-state index contributed by atoms with van der Waals surface area (Å²) < 4.78 is 5.86. The fraction of sp³-hybridized carbons (Fsp3) is 0.500. The van der Waals surface area contributed by atoms with Crippen LogP contribution < -0.4 is 4.74 Å². The van der Waals surface area contributed by atoms with E-state index < -0.39 is 6.10 Å². The normalized spacial score (nSPS) is 23.9. The molecular formula is C12H16O2. The van der Waals surface area contributed by atoms with Gasteiger partial charge >= 0.3 is 0 Å². The minimum atomic E-state index is -0.395. The second-order valence-electron chi connectivity index (χ2n) is 4.57. The molecule has 0 saturated heterocycles. The van der Waals surface area contributed by atoms with Crippen LogP contribution in [0, 0.1) is 6.92 Å². The van der Waals surface area contributed by atoms with E-state index in [4.69, 9.17) is 4.74 Å². The van der Waals surface area contributed by atoms with Crippen LogP contribution in [0.1, 0.15) is 37.5 Å². The van der Waals surface area contributed by atoms with E-state index in [1.54, 1.807) is 0 Å². The minimum absolute atomic E-state index is 0.265. The Morgan fingerprint density at radius 2 is 2.14 bits per heavy atom. The summed E-state index contributed by atoms with van der Waals surface area (Å²) in [6.07, 6.45) is 0.261. The first-order valence-corrected chi connectivity index (χ1v) is 4.96. The number of hydrogen-bond donors (Lipinski definition) is 1. The summed E-state index contributed by atoms with van der Waals surface area (Å²) in [6, 6.07) is 5.90. The molecule has 1 aliphatic rings. The van der Waals surface area contributed by atoms with Crippen LogP contribution >= 0.6 is 0 Å². The van der Waals surface area contributed by atoms with Gasteiger partial charge in [0.1, 0.15) is 11.4 Å². The molecule has 0 saturated carbocycles. The summed E-state index contributed by atoms with van der Waals surface area (Å²) in [7, 11) is 0. The predicted octanol–water partition coefficient (Wildman–Crippen LogP) is 2.59. The van der Waals surface area contributed by atoms with Gasteiger partial charge in [-0.1, -0.05) is 18.2 Å². The van der Waals surface area contributed by atoms with E-state index in [1.165, 1.54) is 0 Å². The van der Waals surface area contributed by atoms with E-state index in [1.807, 2.05) is 39.0 Å². The third kappa shape index (κ3) is 1.50. The summed E-state index contributed by atoms with van der Waals surface area (Å²) in [4.78, 5) is 0. The number of para-hydroxylation sites is 1. The van der Waals surface area contributed by atoms with Gasteiger partial charge in [-0.15, -0.1) is 0 Å². The number of aryl methyl sites for hydroxylation is 1. The lowest BCUT2D eigenvalue weighted by Crippen LogP contribution is -2.35. The van der Waals surface area contributed by atoms with Crippen LogP contribution in [-0.2, 0) is 0 Å². The fourth-order valence-corrected chi connectivity index (χ4v) is 1.97. The first-order valence-electron chi connectivity index (χ1n) is 4.96. The highest BCUT2D eigenvalue weighted by Crippen LogP contribution is 2.40. The van der Waals surface area contributed by atoms with Crippen LogP contribution in [0.15, 0.2) is 18.2 Å². The van der Waals surface area contributed by atoms with Crippen molar-refractivity contribution in [3.05, 3.63) is 29.3 Å². The Labute approximate surface area is 84.5 Å². The number of benzene rings is 1. The number of aliphatic hydroxyl groups excluding tert-OH is 1. The smallest absolute Gasteiger partial charge is 0.128 e. The quantitative estimate of drug-likeness (QED) is 0.684. The van der Waals surface area contributed by atoms with E-state index in [-0.39, 0.29) is 5.60 Å². The van der Waals surface area contributed by atoms with Crippen molar-refractivity contribution in [3.63, 3.8) is 0 Å². The highest BCUT2D eigenvalue weighted by molar-refractivity contribution is 5.44. The minimum Gasteiger partial charge on any atom is -0.487 e. The Morgan fingerprint density at radius 1 is 1.43 bits per heavy atom. The van der Waals surface area contributed by atoms with E-state index >= 15 is 0 Å². The third-order valence-corrected chi connectivity index (χ3v) is 2.66. The molecule has 14 heavy (non-hydrogen) atoms. The second-order valence-corrected chi connectivity index (χ2v) is 4.57. The van der Waals surface area contributed by atoms with Gasteiger partial charge in [0, 0.05) is 12.0 Å². The molecule has 1 heterocycles. The Morgan fingerprint density at radius 3 is 2.86 bits per heavy atom. The van der Waals surface area contributed by atoms with Gasteiger partial charge in [-0.2, -0.15) is 0 Å². The zero-order chi connectivity index (χ0) is 10.3. The van der Waals surface area contributed by atoms with Crippen LogP contribution in [0.25, 0.3) is 0 Å². The molecule has 1 aromatic carbocycles. The highest BCUT2D eigenvalue weighted by atomic mass is 16.5. The molecule has 1 aromatic rings. The predicted molar refractivity (Wildman–Crippen MR) is 55.5 cm³/mol. The number of hydrogen-bond acceptors (Lipinski definition) is 2. The van der Waals surface area contributed by atoms with Crippen LogP contribution in [0.5, 0.6) is 5.75 Å². The number of rotatable bonds is 0. The molecule has 0 amide bonds. The topological polar surface area (TPSA) is 29.5 Å². The van der Waals surface area contributed by atoms with Gasteiger partial charge in [0.05, 0.1) is 6.10 Å². The van der Waals surface area contributed by atoms with Crippen LogP contribution in [-0.4, -0.2) is 10.7 Å². The summed E-state index contributed by atoms with van der Waals surface area (Å²) in [5.74, 6) is 0.858. The maximum absolute atomic E-state index is 9.94. The van der Waals surface area contributed by atoms with Crippen molar-refractivity contribution in [2.75, 3.05) is 0 Å². The standard InChI is InChI=1S/C12H16O2/c1-8-5-4-6-9-10(13)7-12(2,3)14-11(8)9/h4-6,10,13H,7H2,1-3H3/t10-/m1/s1. The summed E-state index contributed by atoms with van der Waals surface area (Å²) in [5.41, 5.74) is 1.75. The van der Waals surface area contributed by atoms with Crippen molar-refractivity contribution in [2.45, 2.75) is 38.9 Å². The monoisotopic (exact) mass is 192 g/mol. The largest absolute Gasteiger partial charge is 0.487 e. The lowest BCUT2D eigenvalue weighted by Gasteiger charge is -2.36. The molecule has 1 aliphatic heterocycles. The molecule has 0 radical (unpaired) electrons. The van der Waals surface area contributed by atoms with Gasteiger partial charge < -0.3 is 9.84 Å². The van der Waals surface area contributed by atoms with Crippen LogP contribution in [0.4, 0.5) is 0 Å². The fourth-order valence-electron chi connectivity index (χ4n) is 1.97. The molecule has 1 atom stereocenters. The Balaban J connectivity index is 2.51. The Hall–Kier alpha value is -1.02. The van der Waals surface area contributed by atoms with Crippen LogP contribution in [0.2, 0.25) is 0 Å². The SMILES string of the molecule is Cc1cccc2c1OC(C)(C)C[C@H]2O. The molecule has 0 aliphatic carbocycles. The van der Waals surface area contributed by atoms with Gasteiger partial charge in [0.2, 0.25) is 0 Å². The molecule has 0 spiro atoms. The zero-order valence-corrected chi connectivity index (χ0v) is 8.87. The molecule has 2 rings (SSSR count). The second kappa shape index (κ2) is 2.99. The maximum Gasteiger partial charge on any atom is 0.128 e. The third-order valence-electron chi connectivity index (χ3n) is 2.66. The molecule has 1 N–H and O–H groups in total. The maximum atomic E-state index is 9.94. The molecule has 0 fully saturated rings. The van der Waals surface area contributed by atoms with Gasteiger partial charge in [0.15, 0.2) is 0 Å². The lowest BCUT2D eigenvalue weighted by atomic mass is 9.90. The molecular weight excluding hydrogens is 176 g/mol. The van der Waals surface area contributed by atoms with Crippen molar-refractivity contribution in [1.29, 1.82) is 0 Å². The highest BCUT2D eigenvalue weighted by Gasteiger charge is 2.33. The number of aliphatic hydroxyl groups is 1. The molecule has 2 nitrogen and oxygen atoms in total. The van der Waals surface area contributed by atoms with E-state index in [0.717, 1.165) is 16.9 Å². The van der Waals surface area contributed by atoms with Crippen LogP contribution in [0.3, 0.4) is 0 Å². The molecule has 2 heteroatoms. The van der Waals surface area contributed by atoms with Gasteiger partial charge in [-0.05, 0) is 26.3 Å². The molecule has 0 bridgehead atoms. The number of ether oxygens (including phenoxy) is 1. The van der Waals surface area contributed by atoms with Gasteiger partial charge in [-0.3, -0.25) is 0 Å². The van der Waals surface area contributed by atoms with Gasteiger partial charge in [-0.25, -0.2) is 0 Å². The lowest BCUT2D eigenvalue weighted by molar-refractivity contribution is 0.0109. The average Bonchev–Trinajstić information content (AvgIpc) is 2.05. The summed E-state index contributed by atoms with van der Waals surface area (Å²) >= 11 is 0. The zero-order valence-electron chi connectivity index (χ0n) is 8.87. The average molecular weight is 192 g/mol. The first-order chi connectivity index (χ1) is 6.49. The van der Waals surface area contributed by atoms with Crippen molar-refractivity contribution in [3.8, 4) is 5.75 Å².